The predicted octanol–water partition coefficient (Wildman–Crippen LogP) is 5.35. The minimum atomic E-state index is -4.17. The van der Waals surface area contributed by atoms with E-state index in [4.69, 9.17) is 0 Å². The minimum Gasteiger partial charge on any atom is -0.476 e. The van der Waals surface area contributed by atoms with E-state index in [0.29, 0.717) is 48.3 Å². The van der Waals surface area contributed by atoms with Gasteiger partial charge in [0.15, 0.2) is 5.69 Å². The molecule has 0 saturated heterocycles. The smallest absolute Gasteiger partial charge is 0.355 e. The summed E-state index contributed by atoms with van der Waals surface area (Å²) in [6.07, 6.45) is 2.61. The zero-order chi connectivity index (χ0) is 28.6. The lowest BCUT2D eigenvalue weighted by Gasteiger charge is -2.14. The molecule has 3 aromatic rings. The van der Waals surface area contributed by atoms with E-state index >= 15 is 0 Å². The largest absolute Gasteiger partial charge is 0.476 e. The number of carboxylic acid groups (broad SMARTS) is 1. The number of aromatic carboxylic acids is 1. The Bertz CT molecular complexity index is 1410. The van der Waals surface area contributed by atoms with Gasteiger partial charge in [0.2, 0.25) is 0 Å². The van der Waals surface area contributed by atoms with Crippen LogP contribution in [0, 0.1) is 0 Å². The van der Waals surface area contributed by atoms with Crippen molar-refractivity contribution in [2.45, 2.75) is 61.8 Å². The number of aryl methyl sites for hydroxylation is 1. The van der Waals surface area contributed by atoms with Crippen LogP contribution >= 0.6 is 11.8 Å². The van der Waals surface area contributed by atoms with Crippen molar-refractivity contribution >= 4 is 33.8 Å². The molecule has 3 N–H and O–H groups in total. The quantitative estimate of drug-likeness (QED) is 0.232. The van der Waals surface area contributed by atoms with Crippen molar-refractivity contribution in [3.8, 4) is 11.1 Å². The first kappa shape index (κ1) is 30.1. The number of thioether (sulfide) groups is 1. The molecule has 0 atom stereocenters. The molecule has 2 aromatic carbocycles. The second-order valence-corrected chi connectivity index (χ2v) is 11.2. The van der Waals surface area contributed by atoms with Crippen LogP contribution in [0.4, 0.5) is 13.6 Å². The number of benzene rings is 2. The Balaban J connectivity index is 1.93. The summed E-state index contributed by atoms with van der Waals surface area (Å²) >= 11 is 0.107. The number of imidazole rings is 1. The Kier molecular flexibility index (Phi) is 10.5. The lowest BCUT2D eigenvalue weighted by atomic mass is 10.0. The first-order valence-corrected chi connectivity index (χ1v) is 14.7. The van der Waals surface area contributed by atoms with E-state index < -0.39 is 27.8 Å². The maximum absolute atomic E-state index is 13.1. The van der Waals surface area contributed by atoms with Crippen LogP contribution in [0.25, 0.3) is 11.1 Å². The summed E-state index contributed by atoms with van der Waals surface area (Å²) in [5.74, 6) is -3.75. The second-order valence-electron chi connectivity index (χ2n) is 8.61. The Morgan fingerprint density at radius 2 is 1.77 bits per heavy atom. The molecule has 39 heavy (non-hydrogen) atoms. The van der Waals surface area contributed by atoms with E-state index in [2.05, 4.69) is 10.3 Å². The maximum Gasteiger partial charge on any atom is 0.355 e. The predicted molar refractivity (Wildman–Crippen MR) is 145 cm³/mol. The number of halogens is 2. The second kappa shape index (κ2) is 13.6. The maximum atomic E-state index is 13.1. The number of unbranched alkanes of at least 4 members (excludes halogenated alkanes) is 1. The van der Waals surface area contributed by atoms with Crippen LogP contribution in [0.2, 0.25) is 0 Å². The lowest BCUT2D eigenvalue weighted by Crippen LogP contribution is -2.39. The van der Waals surface area contributed by atoms with Gasteiger partial charge in [0, 0.05) is 25.1 Å². The number of alkyl halides is 2. The number of urea groups is 1. The van der Waals surface area contributed by atoms with Gasteiger partial charge in [-0.2, -0.15) is 8.78 Å². The molecular weight excluding hydrogens is 550 g/mol. The third kappa shape index (κ3) is 7.79. The first-order valence-electron chi connectivity index (χ1n) is 12.3. The molecular formula is C26H30F2N4O5S2. The zero-order valence-electron chi connectivity index (χ0n) is 21.5. The first-order chi connectivity index (χ1) is 18.6. The summed E-state index contributed by atoms with van der Waals surface area (Å²) in [7, 11) is -4.17. The summed E-state index contributed by atoms with van der Waals surface area (Å²) in [5.41, 5.74) is 1.30. The Hall–Kier alpha value is -3.45. The highest BCUT2D eigenvalue weighted by Crippen LogP contribution is 2.31. The lowest BCUT2D eigenvalue weighted by molar-refractivity contribution is 0.0681. The Labute approximate surface area is 230 Å². The van der Waals surface area contributed by atoms with E-state index in [9.17, 15) is 31.9 Å². The van der Waals surface area contributed by atoms with Crippen LogP contribution in [0.3, 0.4) is 0 Å². The van der Waals surface area contributed by atoms with Gasteiger partial charge in [-0.25, -0.2) is 27.7 Å². The van der Waals surface area contributed by atoms with Crippen LogP contribution in [-0.2, 0) is 23.0 Å². The molecule has 0 aliphatic carbocycles. The molecule has 210 valence electrons. The van der Waals surface area contributed by atoms with E-state index in [1.165, 1.54) is 10.6 Å². The van der Waals surface area contributed by atoms with Gasteiger partial charge in [0.25, 0.3) is 15.8 Å². The third-order valence-electron chi connectivity index (χ3n) is 5.72. The molecule has 9 nitrogen and oxygen atoms in total. The van der Waals surface area contributed by atoms with Gasteiger partial charge in [-0.1, -0.05) is 62.7 Å². The van der Waals surface area contributed by atoms with Gasteiger partial charge in [0.05, 0.1) is 4.90 Å². The fourth-order valence-corrected chi connectivity index (χ4v) is 5.70. The highest BCUT2D eigenvalue weighted by molar-refractivity contribution is 7.99. The number of nitrogens with one attached hydrogen (secondary N) is 2. The number of hydrogen-bond donors (Lipinski definition) is 3. The molecule has 0 bridgehead atoms. The van der Waals surface area contributed by atoms with Gasteiger partial charge in [-0.15, -0.1) is 0 Å². The molecule has 0 aliphatic rings. The number of sulfonamides is 1. The molecule has 3 rings (SSSR count). The monoisotopic (exact) mass is 580 g/mol. The molecule has 0 radical (unpaired) electrons. The average molecular weight is 581 g/mol. The van der Waals surface area contributed by atoms with Crippen molar-refractivity contribution in [2.24, 2.45) is 0 Å². The minimum absolute atomic E-state index is 0.0802. The van der Waals surface area contributed by atoms with Gasteiger partial charge in [0.1, 0.15) is 10.9 Å². The molecule has 13 heteroatoms. The molecule has 0 aliphatic heterocycles. The van der Waals surface area contributed by atoms with Crippen molar-refractivity contribution in [1.82, 2.24) is 19.6 Å². The molecule has 1 heterocycles. The van der Waals surface area contributed by atoms with Crippen LogP contribution < -0.4 is 10.0 Å². The number of carbonyl (C=O) groups excluding carboxylic acids is 1. The molecule has 0 unspecified atom stereocenters. The molecule has 0 saturated carbocycles. The van der Waals surface area contributed by atoms with Crippen LogP contribution in [0.1, 0.15) is 55.0 Å². The topological polar surface area (TPSA) is 130 Å². The fraction of sp³-hybridized carbons (Fsp3) is 0.346. The van der Waals surface area contributed by atoms with E-state index in [0.717, 1.165) is 6.42 Å². The van der Waals surface area contributed by atoms with Crippen molar-refractivity contribution in [3.63, 3.8) is 0 Å². The SMILES string of the molecule is CCCCc1nc(SC(F)F)c(C(=O)O)n1Cc1ccc(-c2ccccc2S(=O)(=O)NC(=O)NCCC)cc1. The van der Waals surface area contributed by atoms with Crippen LogP contribution in [-0.4, -0.2) is 47.4 Å². The highest BCUT2D eigenvalue weighted by atomic mass is 32.2. The number of carboxylic acids is 1. The Morgan fingerprint density at radius 1 is 1.08 bits per heavy atom. The van der Waals surface area contributed by atoms with E-state index in [-0.39, 0.29) is 33.9 Å². The number of aromatic nitrogens is 2. The van der Waals surface area contributed by atoms with Gasteiger partial charge >= 0.3 is 12.0 Å². The molecule has 1 aromatic heterocycles. The van der Waals surface area contributed by atoms with Gasteiger partial charge < -0.3 is 15.0 Å². The van der Waals surface area contributed by atoms with Crippen LogP contribution in [0.15, 0.2) is 58.5 Å². The average Bonchev–Trinajstić information content (AvgIpc) is 3.22. The van der Waals surface area contributed by atoms with Gasteiger partial charge in [-0.05, 0) is 41.8 Å². The van der Waals surface area contributed by atoms with E-state index in [1.807, 2.05) is 18.6 Å². The normalized spacial score (nSPS) is 11.5. The van der Waals surface area contributed by atoms with Crippen molar-refractivity contribution in [3.05, 3.63) is 65.6 Å². The Morgan fingerprint density at radius 3 is 2.38 bits per heavy atom. The van der Waals surface area contributed by atoms with Gasteiger partial charge in [-0.3, -0.25) is 0 Å². The van der Waals surface area contributed by atoms with Crippen molar-refractivity contribution in [1.29, 1.82) is 0 Å². The standard InChI is InChI=1S/C26H30F2N4O5S2/c1-3-5-10-21-30-23(38-25(27)28)22(24(33)34)32(21)16-17-11-13-18(14-12-17)19-8-6-7-9-20(19)39(36,37)31-26(35)29-15-4-2/h6-9,11-14,25H,3-5,10,15-16H2,1-2H3,(H,33,34)(H2,29,31,35). The van der Waals surface area contributed by atoms with Crippen molar-refractivity contribution in [2.75, 3.05) is 6.54 Å². The number of amides is 2. The summed E-state index contributed by atoms with van der Waals surface area (Å²) in [6, 6.07) is 12.2. The zero-order valence-corrected chi connectivity index (χ0v) is 23.1. The van der Waals surface area contributed by atoms with Crippen molar-refractivity contribution < 1.29 is 31.9 Å². The highest BCUT2D eigenvalue weighted by Gasteiger charge is 2.26. The van der Waals surface area contributed by atoms with E-state index in [1.54, 1.807) is 42.5 Å². The number of carbonyl (C=O) groups is 2. The summed E-state index contributed by atoms with van der Waals surface area (Å²) in [5, 5.41) is 12.0. The molecule has 0 spiro atoms. The summed E-state index contributed by atoms with van der Waals surface area (Å²) < 4.78 is 55.5. The molecule has 0 fully saturated rings. The number of hydrogen-bond acceptors (Lipinski definition) is 6. The number of rotatable bonds is 13. The molecule has 2 amide bonds. The fourth-order valence-electron chi connectivity index (χ4n) is 3.91. The third-order valence-corrected chi connectivity index (χ3v) is 7.79. The summed E-state index contributed by atoms with van der Waals surface area (Å²) in [4.78, 5) is 28.1. The number of nitrogens with zero attached hydrogens (tertiary/aromatic N) is 2. The van der Waals surface area contributed by atoms with Crippen LogP contribution in [0.5, 0.6) is 0 Å². The summed E-state index contributed by atoms with van der Waals surface area (Å²) in [6.45, 7) is 4.21.